The lowest BCUT2D eigenvalue weighted by atomic mass is 10.3. The molecule has 2 aromatic rings. The summed E-state index contributed by atoms with van der Waals surface area (Å²) < 4.78 is 7.40. The second-order valence-electron chi connectivity index (χ2n) is 4.28. The third kappa shape index (κ3) is 2.58. The molecule has 0 saturated carbocycles. The lowest BCUT2D eigenvalue weighted by Gasteiger charge is -2.10. The van der Waals surface area contributed by atoms with Crippen LogP contribution in [0.15, 0.2) is 30.3 Å². The van der Waals surface area contributed by atoms with Gasteiger partial charge in [-0.15, -0.1) is 0 Å². The summed E-state index contributed by atoms with van der Waals surface area (Å²) in [7, 11) is 0. The van der Waals surface area contributed by atoms with Crippen molar-refractivity contribution in [2.45, 2.75) is 26.9 Å². The van der Waals surface area contributed by atoms with Gasteiger partial charge in [0.25, 0.3) is 0 Å². The highest BCUT2D eigenvalue weighted by Gasteiger charge is 2.04. The van der Waals surface area contributed by atoms with Crippen molar-refractivity contribution in [3.05, 3.63) is 36.0 Å². The molecule has 0 atom stereocenters. The number of nitrogens with two attached hydrogens (primary N) is 1. The predicted octanol–water partition coefficient (Wildman–Crippen LogP) is 2.55. The molecule has 0 aliphatic rings. The minimum atomic E-state index is 0.183. The topological polar surface area (TPSA) is 53.1 Å². The van der Waals surface area contributed by atoms with Crippen LogP contribution in [0.3, 0.4) is 0 Å². The number of benzene rings is 1. The molecule has 0 bridgehead atoms. The van der Waals surface area contributed by atoms with Gasteiger partial charge >= 0.3 is 0 Å². The van der Waals surface area contributed by atoms with E-state index in [0.29, 0.717) is 5.82 Å². The zero-order valence-corrected chi connectivity index (χ0v) is 10.3. The van der Waals surface area contributed by atoms with Crippen LogP contribution in [0.4, 0.5) is 5.82 Å². The number of ether oxygens (including phenoxy) is 1. The van der Waals surface area contributed by atoms with E-state index in [1.807, 2.05) is 55.8 Å². The van der Waals surface area contributed by atoms with Crippen LogP contribution in [0, 0.1) is 6.92 Å². The van der Waals surface area contributed by atoms with Crippen molar-refractivity contribution in [1.82, 2.24) is 9.78 Å². The van der Waals surface area contributed by atoms with Gasteiger partial charge in [0.2, 0.25) is 0 Å². The van der Waals surface area contributed by atoms with Gasteiger partial charge in [0.15, 0.2) is 0 Å². The third-order valence-electron chi connectivity index (χ3n) is 2.36. The second-order valence-corrected chi connectivity index (χ2v) is 4.28. The van der Waals surface area contributed by atoms with Gasteiger partial charge in [0.05, 0.1) is 11.8 Å². The molecular formula is C13H17N3O. The van der Waals surface area contributed by atoms with Crippen LogP contribution in [0.1, 0.15) is 19.5 Å². The summed E-state index contributed by atoms with van der Waals surface area (Å²) in [4.78, 5) is 0. The Hall–Kier alpha value is -1.97. The highest BCUT2D eigenvalue weighted by Crippen LogP contribution is 2.18. The van der Waals surface area contributed by atoms with Crippen LogP contribution in [0.2, 0.25) is 0 Å². The number of hydrogen-bond acceptors (Lipinski definition) is 3. The summed E-state index contributed by atoms with van der Waals surface area (Å²) in [5.41, 5.74) is 7.65. The fourth-order valence-corrected chi connectivity index (χ4v) is 1.70. The molecule has 1 aromatic carbocycles. The maximum absolute atomic E-state index is 5.66. The van der Waals surface area contributed by atoms with Crippen molar-refractivity contribution >= 4 is 5.82 Å². The van der Waals surface area contributed by atoms with Crippen LogP contribution in [-0.4, -0.2) is 15.9 Å². The number of nitrogen functional groups attached to an aromatic ring is 1. The Morgan fingerprint density at radius 1 is 1.24 bits per heavy atom. The van der Waals surface area contributed by atoms with Crippen LogP contribution in [0.25, 0.3) is 5.69 Å². The Morgan fingerprint density at radius 2 is 1.88 bits per heavy atom. The van der Waals surface area contributed by atoms with E-state index in [0.717, 1.165) is 17.1 Å². The first-order valence-corrected chi connectivity index (χ1v) is 5.65. The molecule has 1 heterocycles. The molecule has 1 aromatic heterocycles. The molecule has 0 amide bonds. The summed E-state index contributed by atoms with van der Waals surface area (Å²) in [6.07, 6.45) is 0.183. The van der Waals surface area contributed by atoms with Crippen molar-refractivity contribution in [2.24, 2.45) is 0 Å². The minimum absolute atomic E-state index is 0.183. The van der Waals surface area contributed by atoms with Crippen LogP contribution < -0.4 is 10.5 Å². The molecule has 17 heavy (non-hydrogen) atoms. The molecule has 0 aliphatic carbocycles. The second kappa shape index (κ2) is 4.49. The van der Waals surface area contributed by atoms with Crippen molar-refractivity contribution in [3.63, 3.8) is 0 Å². The molecule has 0 fully saturated rings. The summed E-state index contributed by atoms with van der Waals surface area (Å²) in [6, 6.07) is 9.66. The molecular weight excluding hydrogens is 214 g/mol. The Labute approximate surface area is 101 Å². The fraction of sp³-hybridized carbons (Fsp3) is 0.308. The third-order valence-corrected chi connectivity index (χ3v) is 2.36. The summed E-state index contributed by atoms with van der Waals surface area (Å²) in [6.45, 7) is 5.99. The van der Waals surface area contributed by atoms with Gasteiger partial charge in [-0.1, -0.05) is 0 Å². The predicted molar refractivity (Wildman–Crippen MR) is 68.5 cm³/mol. The van der Waals surface area contributed by atoms with Crippen molar-refractivity contribution in [1.29, 1.82) is 0 Å². The molecule has 4 heteroatoms. The van der Waals surface area contributed by atoms with Crippen LogP contribution in [-0.2, 0) is 0 Å². The quantitative estimate of drug-likeness (QED) is 0.883. The highest BCUT2D eigenvalue weighted by molar-refractivity contribution is 5.41. The smallest absolute Gasteiger partial charge is 0.146 e. The van der Waals surface area contributed by atoms with Crippen molar-refractivity contribution in [2.75, 3.05) is 5.73 Å². The largest absolute Gasteiger partial charge is 0.491 e. The summed E-state index contributed by atoms with van der Waals surface area (Å²) in [5.74, 6) is 1.39. The Balaban J connectivity index is 2.26. The summed E-state index contributed by atoms with van der Waals surface area (Å²) >= 11 is 0. The van der Waals surface area contributed by atoms with E-state index in [-0.39, 0.29) is 6.10 Å². The fourth-order valence-electron chi connectivity index (χ4n) is 1.70. The van der Waals surface area contributed by atoms with Crippen molar-refractivity contribution in [3.8, 4) is 11.4 Å². The van der Waals surface area contributed by atoms with E-state index in [9.17, 15) is 0 Å². The molecule has 4 nitrogen and oxygen atoms in total. The maximum Gasteiger partial charge on any atom is 0.146 e. The van der Waals surface area contributed by atoms with E-state index in [1.165, 1.54) is 0 Å². The van der Waals surface area contributed by atoms with E-state index in [2.05, 4.69) is 5.10 Å². The van der Waals surface area contributed by atoms with Crippen molar-refractivity contribution < 1.29 is 4.74 Å². The van der Waals surface area contributed by atoms with Gasteiger partial charge in [-0.2, -0.15) is 5.10 Å². The highest BCUT2D eigenvalue weighted by atomic mass is 16.5. The molecule has 2 N–H and O–H groups in total. The van der Waals surface area contributed by atoms with E-state index < -0.39 is 0 Å². The molecule has 0 unspecified atom stereocenters. The summed E-state index contributed by atoms with van der Waals surface area (Å²) in [5, 5.41) is 4.22. The monoisotopic (exact) mass is 231 g/mol. The molecule has 90 valence electrons. The maximum atomic E-state index is 5.66. The number of hydrogen-bond donors (Lipinski definition) is 1. The lowest BCUT2D eigenvalue weighted by Crippen LogP contribution is -2.05. The number of nitrogens with zero attached hydrogens (tertiary/aromatic N) is 2. The normalized spacial score (nSPS) is 10.8. The molecule has 0 spiro atoms. The Bertz CT molecular complexity index is 500. The van der Waals surface area contributed by atoms with Crippen LogP contribution in [0.5, 0.6) is 5.75 Å². The average Bonchev–Trinajstić information content (AvgIpc) is 2.58. The SMILES string of the molecule is Cc1cc(N)nn1-c1ccc(OC(C)C)cc1. The van der Waals surface area contributed by atoms with Gasteiger partial charge in [-0.3, -0.25) is 0 Å². The van der Waals surface area contributed by atoms with Gasteiger partial charge < -0.3 is 10.5 Å². The van der Waals surface area contributed by atoms with Gasteiger partial charge in [-0.25, -0.2) is 4.68 Å². The van der Waals surface area contributed by atoms with E-state index in [1.54, 1.807) is 0 Å². The van der Waals surface area contributed by atoms with E-state index in [4.69, 9.17) is 10.5 Å². The number of rotatable bonds is 3. The number of aromatic nitrogens is 2. The van der Waals surface area contributed by atoms with Crippen LogP contribution >= 0.6 is 0 Å². The van der Waals surface area contributed by atoms with E-state index >= 15 is 0 Å². The Kier molecular flexibility index (Phi) is 3.04. The lowest BCUT2D eigenvalue weighted by molar-refractivity contribution is 0.242. The minimum Gasteiger partial charge on any atom is -0.491 e. The first-order valence-electron chi connectivity index (χ1n) is 5.65. The molecule has 2 rings (SSSR count). The molecule has 0 aliphatic heterocycles. The van der Waals surface area contributed by atoms with Gasteiger partial charge in [0, 0.05) is 11.8 Å². The van der Waals surface area contributed by atoms with Gasteiger partial charge in [-0.05, 0) is 45.0 Å². The molecule has 0 saturated heterocycles. The standard InChI is InChI=1S/C13H17N3O/c1-9(2)17-12-6-4-11(5-7-12)16-10(3)8-13(14)15-16/h4-9H,1-3H3,(H2,14,15). The Morgan fingerprint density at radius 3 is 2.35 bits per heavy atom. The number of aryl methyl sites for hydroxylation is 1. The van der Waals surface area contributed by atoms with Gasteiger partial charge in [0.1, 0.15) is 11.6 Å². The zero-order chi connectivity index (χ0) is 12.4. The zero-order valence-electron chi connectivity index (χ0n) is 10.3. The first-order chi connectivity index (χ1) is 8.06. The molecule has 0 radical (unpaired) electrons. The number of anilines is 1. The first kappa shape index (κ1) is 11.5. The average molecular weight is 231 g/mol.